The average molecular weight is 228 g/mol. The molecule has 0 heterocycles. The van der Waals surface area contributed by atoms with Gasteiger partial charge in [0, 0.05) is 13.0 Å². The molecule has 86 valence electrons. The molecule has 0 aliphatic carbocycles. The van der Waals surface area contributed by atoms with Gasteiger partial charge in [-0.3, -0.25) is 4.79 Å². The van der Waals surface area contributed by atoms with E-state index in [0.717, 1.165) is 6.08 Å². The van der Waals surface area contributed by atoms with Crippen molar-refractivity contribution in [2.75, 3.05) is 0 Å². The number of carbonyl (C=O) groups is 3. The van der Waals surface area contributed by atoms with Crippen LogP contribution in [0.4, 0.5) is 13.2 Å². The summed E-state index contributed by atoms with van der Waals surface area (Å²) in [7, 11) is 0. The fourth-order valence-electron chi connectivity index (χ4n) is 0.188. The number of alkyl halides is 3. The van der Waals surface area contributed by atoms with Gasteiger partial charge in [-0.25, -0.2) is 9.59 Å². The van der Waals surface area contributed by atoms with Gasteiger partial charge in [-0.15, -0.1) is 0 Å². The molecule has 0 aliphatic heterocycles. The quantitative estimate of drug-likeness (QED) is 0.409. The summed E-state index contributed by atoms with van der Waals surface area (Å²) in [6.45, 7) is 3.67. The molecule has 0 saturated carbocycles. The molecule has 0 aromatic heterocycles. The number of carbonyl (C=O) groups excluding carboxylic acids is 2. The van der Waals surface area contributed by atoms with Crippen LogP contribution in [0.2, 0.25) is 0 Å². The first-order valence-corrected chi connectivity index (χ1v) is 3.26. The molecular weight excluding hydrogens is 221 g/mol. The van der Waals surface area contributed by atoms with Crippen LogP contribution in [0.25, 0.3) is 0 Å². The maximum Gasteiger partial charge on any atom is 0.491 e. The summed E-state index contributed by atoms with van der Waals surface area (Å²) < 4.78 is 36.8. The van der Waals surface area contributed by atoms with Crippen molar-refractivity contribution >= 4 is 17.9 Å². The van der Waals surface area contributed by atoms with Crippen molar-refractivity contribution in [2.45, 2.75) is 13.1 Å². The molecule has 15 heavy (non-hydrogen) atoms. The molecule has 0 radical (unpaired) electrons. The Balaban J connectivity index is 0. The Kier molecular flexibility index (Phi) is 6.84. The average Bonchev–Trinajstić information content (AvgIpc) is 2.02. The van der Waals surface area contributed by atoms with Gasteiger partial charge in [0.2, 0.25) is 0 Å². The van der Waals surface area contributed by atoms with E-state index < -0.39 is 24.1 Å². The Labute approximate surface area is 82.1 Å². The van der Waals surface area contributed by atoms with E-state index in [-0.39, 0.29) is 0 Å². The van der Waals surface area contributed by atoms with Crippen LogP contribution in [0.15, 0.2) is 12.7 Å². The van der Waals surface area contributed by atoms with E-state index in [9.17, 15) is 27.6 Å². The third-order valence-electron chi connectivity index (χ3n) is 0.643. The van der Waals surface area contributed by atoms with Gasteiger partial charge in [0.05, 0.1) is 0 Å². The van der Waals surface area contributed by atoms with E-state index in [1.54, 1.807) is 0 Å². The van der Waals surface area contributed by atoms with Crippen LogP contribution >= 0.6 is 0 Å². The largest absolute Gasteiger partial charge is 0.491 e. The first-order valence-electron chi connectivity index (χ1n) is 3.26. The van der Waals surface area contributed by atoms with Crippen LogP contribution in [0.5, 0.6) is 0 Å². The van der Waals surface area contributed by atoms with Gasteiger partial charge < -0.3 is 9.84 Å². The molecule has 0 spiro atoms. The van der Waals surface area contributed by atoms with Crippen molar-refractivity contribution in [1.82, 2.24) is 0 Å². The van der Waals surface area contributed by atoms with Crippen LogP contribution in [0.1, 0.15) is 6.92 Å². The van der Waals surface area contributed by atoms with E-state index in [2.05, 4.69) is 11.3 Å². The highest BCUT2D eigenvalue weighted by molar-refractivity contribution is 5.87. The Bertz CT molecular complexity index is 268. The molecule has 0 unspecified atom stereocenters. The fraction of sp³-hybridized carbons (Fsp3) is 0.286. The van der Waals surface area contributed by atoms with E-state index in [1.165, 1.54) is 0 Å². The molecule has 0 aromatic rings. The second-order valence-electron chi connectivity index (χ2n) is 1.92. The SMILES string of the molecule is C=CC(=O)O.CC(=O)OC(=O)C(F)(F)F. The monoisotopic (exact) mass is 228 g/mol. The zero-order valence-corrected chi connectivity index (χ0v) is 7.50. The summed E-state index contributed by atoms with van der Waals surface area (Å²) in [5.41, 5.74) is 0. The third-order valence-corrected chi connectivity index (χ3v) is 0.643. The molecule has 1 N–H and O–H groups in total. The number of halogens is 3. The van der Waals surface area contributed by atoms with Crippen molar-refractivity contribution in [1.29, 1.82) is 0 Å². The van der Waals surface area contributed by atoms with Crippen molar-refractivity contribution in [3.63, 3.8) is 0 Å². The normalized spacial score (nSPS) is 9.33. The van der Waals surface area contributed by atoms with Gasteiger partial charge in [-0.1, -0.05) is 6.58 Å². The Morgan fingerprint density at radius 3 is 1.73 bits per heavy atom. The molecule has 8 heteroatoms. The first kappa shape index (κ1) is 15.6. The lowest BCUT2D eigenvalue weighted by molar-refractivity contribution is -0.201. The Morgan fingerprint density at radius 1 is 1.33 bits per heavy atom. The van der Waals surface area contributed by atoms with Crippen LogP contribution in [0, 0.1) is 0 Å². The summed E-state index contributed by atoms with van der Waals surface area (Å²) in [5.74, 6) is -4.74. The summed E-state index contributed by atoms with van der Waals surface area (Å²) >= 11 is 0. The standard InChI is InChI=1S/C4H3F3O3.C3H4O2/c1-2(8)10-3(9)4(5,6)7;1-2-3(4)5/h1H3;2H,1H2,(H,4,5). The molecule has 0 fully saturated rings. The number of carboxylic acids is 1. The van der Waals surface area contributed by atoms with Crippen LogP contribution in [-0.4, -0.2) is 29.2 Å². The molecular formula is C7H7F3O5. The minimum atomic E-state index is -5.09. The van der Waals surface area contributed by atoms with Gasteiger partial charge in [-0.2, -0.15) is 13.2 Å². The number of hydrogen-bond donors (Lipinski definition) is 1. The van der Waals surface area contributed by atoms with Gasteiger partial charge >= 0.3 is 24.1 Å². The zero-order chi connectivity index (χ0) is 12.6. The topological polar surface area (TPSA) is 80.7 Å². The lowest BCUT2D eigenvalue weighted by Crippen LogP contribution is -2.26. The number of hydrogen-bond acceptors (Lipinski definition) is 4. The summed E-state index contributed by atoms with van der Waals surface area (Å²) in [6, 6.07) is 0. The molecule has 0 rings (SSSR count). The molecule has 0 aliphatic rings. The highest BCUT2D eigenvalue weighted by Gasteiger charge is 2.41. The van der Waals surface area contributed by atoms with Crippen molar-refractivity contribution < 1.29 is 37.4 Å². The Hall–Kier alpha value is -1.86. The molecule has 0 atom stereocenters. The maximum atomic E-state index is 11.2. The van der Waals surface area contributed by atoms with Gasteiger partial charge in [0.1, 0.15) is 0 Å². The predicted molar refractivity (Wildman–Crippen MR) is 40.7 cm³/mol. The lowest BCUT2D eigenvalue weighted by Gasteiger charge is -2.01. The molecule has 0 aromatic carbocycles. The number of esters is 2. The number of rotatable bonds is 1. The smallest absolute Gasteiger partial charge is 0.478 e. The summed E-state index contributed by atoms with van der Waals surface area (Å²) in [4.78, 5) is 28.7. The van der Waals surface area contributed by atoms with E-state index in [0.29, 0.717) is 6.92 Å². The van der Waals surface area contributed by atoms with Crippen LogP contribution in [-0.2, 0) is 19.1 Å². The van der Waals surface area contributed by atoms with Crippen molar-refractivity contribution in [3.05, 3.63) is 12.7 Å². The van der Waals surface area contributed by atoms with Crippen molar-refractivity contribution in [2.24, 2.45) is 0 Å². The van der Waals surface area contributed by atoms with E-state index in [1.807, 2.05) is 0 Å². The number of ether oxygens (including phenoxy) is 1. The molecule has 5 nitrogen and oxygen atoms in total. The first-order chi connectivity index (χ1) is 6.61. The van der Waals surface area contributed by atoms with Crippen molar-refractivity contribution in [3.8, 4) is 0 Å². The highest BCUT2D eigenvalue weighted by atomic mass is 19.4. The Morgan fingerprint density at radius 2 is 1.67 bits per heavy atom. The minimum Gasteiger partial charge on any atom is -0.478 e. The van der Waals surface area contributed by atoms with E-state index in [4.69, 9.17) is 5.11 Å². The second kappa shape index (κ2) is 6.57. The van der Waals surface area contributed by atoms with Gasteiger partial charge in [0.15, 0.2) is 0 Å². The lowest BCUT2D eigenvalue weighted by atomic mass is 10.6. The van der Waals surface area contributed by atoms with E-state index >= 15 is 0 Å². The van der Waals surface area contributed by atoms with Crippen LogP contribution in [0.3, 0.4) is 0 Å². The van der Waals surface area contributed by atoms with Crippen LogP contribution < -0.4 is 0 Å². The number of carboxylic acid groups (broad SMARTS) is 1. The molecule has 0 bridgehead atoms. The van der Waals surface area contributed by atoms with Gasteiger partial charge in [0.25, 0.3) is 0 Å². The zero-order valence-electron chi connectivity index (χ0n) is 7.50. The fourth-order valence-corrected chi connectivity index (χ4v) is 0.188. The minimum absolute atomic E-state index is 0.712. The molecule has 0 amide bonds. The summed E-state index contributed by atoms with van der Waals surface area (Å²) in [5, 5.41) is 7.60. The van der Waals surface area contributed by atoms with Gasteiger partial charge in [-0.05, 0) is 0 Å². The second-order valence-corrected chi connectivity index (χ2v) is 1.92. The highest BCUT2D eigenvalue weighted by Crippen LogP contribution is 2.16. The third kappa shape index (κ3) is 12.1. The maximum absolute atomic E-state index is 11.2. The summed E-state index contributed by atoms with van der Waals surface area (Å²) in [6.07, 6.45) is -4.26. The number of aliphatic carboxylic acids is 1. The molecule has 0 saturated heterocycles. The predicted octanol–water partition coefficient (Wildman–Crippen LogP) is 0.895.